The van der Waals surface area contributed by atoms with Gasteiger partial charge in [-0.25, -0.2) is 4.39 Å². The molecule has 2 atom stereocenters. The van der Waals surface area contributed by atoms with E-state index in [4.69, 9.17) is 16.3 Å². The van der Waals surface area contributed by atoms with Crippen molar-refractivity contribution in [3.63, 3.8) is 0 Å². The van der Waals surface area contributed by atoms with E-state index in [9.17, 15) is 4.39 Å². The summed E-state index contributed by atoms with van der Waals surface area (Å²) in [4.78, 5) is 0. The zero-order valence-corrected chi connectivity index (χ0v) is 12.6. The molecule has 19 heavy (non-hydrogen) atoms. The first-order valence-corrected chi connectivity index (χ1v) is 7.14. The Bertz CT molecular complexity index is 386. The Hall–Kier alpha value is -0.640. The maximum absolute atomic E-state index is 13.7. The van der Waals surface area contributed by atoms with Crippen LogP contribution < -0.4 is 5.32 Å². The van der Waals surface area contributed by atoms with Gasteiger partial charge in [0.25, 0.3) is 0 Å². The number of nitrogens with one attached hydrogen (secondary N) is 1. The molecule has 0 heterocycles. The highest BCUT2D eigenvalue weighted by molar-refractivity contribution is 6.30. The van der Waals surface area contributed by atoms with Crippen LogP contribution in [0.25, 0.3) is 0 Å². The van der Waals surface area contributed by atoms with E-state index in [0.717, 1.165) is 19.4 Å². The molecule has 2 nitrogen and oxygen atoms in total. The lowest BCUT2D eigenvalue weighted by atomic mass is 10.00. The molecule has 0 saturated heterocycles. The molecule has 0 aliphatic carbocycles. The van der Waals surface area contributed by atoms with Crippen LogP contribution in [0.2, 0.25) is 5.02 Å². The summed E-state index contributed by atoms with van der Waals surface area (Å²) in [6.45, 7) is 4.97. The van der Waals surface area contributed by atoms with E-state index in [1.54, 1.807) is 19.2 Å². The fourth-order valence-electron chi connectivity index (χ4n) is 2.08. The third-order valence-corrected chi connectivity index (χ3v) is 3.53. The minimum absolute atomic E-state index is 0.188. The van der Waals surface area contributed by atoms with Crippen molar-refractivity contribution in [2.75, 3.05) is 13.7 Å². The van der Waals surface area contributed by atoms with Crippen LogP contribution in [0.5, 0.6) is 0 Å². The molecule has 0 spiro atoms. The highest BCUT2D eigenvalue weighted by atomic mass is 35.5. The summed E-state index contributed by atoms with van der Waals surface area (Å²) in [7, 11) is 1.71. The minimum atomic E-state index is -0.188. The molecule has 0 fully saturated rings. The topological polar surface area (TPSA) is 21.3 Å². The van der Waals surface area contributed by atoms with E-state index in [2.05, 4.69) is 12.2 Å². The lowest BCUT2D eigenvalue weighted by Crippen LogP contribution is -2.32. The van der Waals surface area contributed by atoms with E-state index in [1.807, 2.05) is 6.92 Å². The van der Waals surface area contributed by atoms with Crippen LogP contribution in [0.3, 0.4) is 0 Å². The van der Waals surface area contributed by atoms with Crippen molar-refractivity contribution < 1.29 is 9.13 Å². The Balaban J connectivity index is 2.63. The van der Waals surface area contributed by atoms with Gasteiger partial charge in [0.2, 0.25) is 0 Å². The van der Waals surface area contributed by atoms with Crippen LogP contribution in [0.1, 0.15) is 32.3 Å². The molecule has 0 aliphatic rings. The predicted molar refractivity (Wildman–Crippen MR) is 78.3 cm³/mol. The summed E-state index contributed by atoms with van der Waals surface area (Å²) in [5, 5.41) is 3.97. The molecule has 4 heteroatoms. The van der Waals surface area contributed by atoms with E-state index in [-0.39, 0.29) is 18.0 Å². The molecule has 108 valence electrons. The average Bonchev–Trinajstić information content (AvgIpc) is 2.40. The Morgan fingerprint density at radius 3 is 2.74 bits per heavy atom. The van der Waals surface area contributed by atoms with Crippen molar-refractivity contribution in [3.05, 3.63) is 34.6 Å². The van der Waals surface area contributed by atoms with Crippen LogP contribution in [0.15, 0.2) is 18.2 Å². The van der Waals surface area contributed by atoms with Gasteiger partial charge in [0.1, 0.15) is 5.82 Å². The zero-order valence-electron chi connectivity index (χ0n) is 11.9. The fraction of sp³-hybridized carbons (Fsp3) is 0.600. The number of methoxy groups -OCH3 is 1. The summed E-state index contributed by atoms with van der Waals surface area (Å²) in [6, 6.07) is 4.96. The number of benzene rings is 1. The van der Waals surface area contributed by atoms with E-state index >= 15 is 0 Å². The first-order chi connectivity index (χ1) is 9.06. The van der Waals surface area contributed by atoms with Crippen molar-refractivity contribution in [2.45, 2.75) is 45.3 Å². The summed E-state index contributed by atoms with van der Waals surface area (Å²) < 4.78 is 19.0. The Morgan fingerprint density at radius 1 is 1.37 bits per heavy atom. The fourth-order valence-corrected chi connectivity index (χ4v) is 2.28. The van der Waals surface area contributed by atoms with Gasteiger partial charge < -0.3 is 10.1 Å². The van der Waals surface area contributed by atoms with Crippen molar-refractivity contribution in [3.8, 4) is 0 Å². The molecule has 1 rings (SSSR count). The molecule has 0 radical (unpaired) electrons. The lowest BCUT2D eigenvalue weighted by molar-refractivity contribution is 0.106. The Labute approximate surface area is 120 Å². The van der Waals surface area contributed by atoms with Crippen LogP contribution in [0, 0.1) is 5.82 Å². The SMILES string of the molecule is CCNC(CCC(C)OC)Cc1cc(Cl)ccc1F. The Morgan fingerprint density at radius 2 is 2.11 bits per heavy atom. The Kier molecular flexibility index (Phi) is 7.36. The first kappa shape index (κ1) is 16.4. The van der Waals surface area contributed by atoms with Crippen LogP contribution >= 0.6 is 11.6 Å². The van der Waals surface area contributed by atoms with Gasteiger partial charge in [0.05, 0.1) is 6.10 Å². The van der Waals surface area contributed by atoms with Gasteiger partial charge in [-0.3, -0.25) is 0 Å². The maximum Gasteiger partial charge on any atom is 0.126 e. The van der Waals surface area contributed by atoms with Crippen LogP contribution in [0.4, 0.5) is 4.39 Å². The predicted octanol–water partition coefficient (Wildman–Crippen LogP) is 3.81. The van der Waals surface area contributed by atoms with E-state index in [0.29, 0.717) is 17.0 Å². The highest BCUT2D eigenvalue weighted by Gasteiger charge is 2.13. The monoisotopic (exact) mass is 287 g/mol. The molecule has 1 N–H and O–H groups in total. The van der Waals surface area contributed by atoms with E-state index in [1.165, 1.54) is 6.07 Å². The standard InChI is InChI=1S/C15H23ClFNO/c1-4-18-14(7-5-11(2)19-3)10-12-9-13(16)6-8-15(12)17/h6,8-9,11,14,18H,4-5,7,10H2,1-3H3. The molecule has 0 bridgehead atoms. The second kappa shape index (κ2) is 8.51. The smallest absolute Gasteiger partial charge is 0.126 e. The number of ether oxygens (including phenoxy) is 1. The van der Waals surface area contributed by atoms with Gasteiger partial charge in [0, 0.05) is 18.2 Å². The van der Waals surface area contributed by atoms with Crippen LogP contribution in [-0.2, 0) is 11.2 Å². The third-order valence-electron chi connectivity index (χ3n) is 3.29. The normalized spacial score (nSPS) is 14.4. The summed E-state index contributed by atoms with van der Waals surface area (Å²) in [5.41, 5.74) is 0.670. The minimum Gasteiger partial charge on any atom is -0.382 e. The number of likely N-dealkylation sites (N-methyl/N-ethyl adjacent to an activating group) is 1. The van der Waals surface area contributed by atoms with Gasteiger partial charge in [-0.15, -0.1) is 0 Å². The molecule has 0 saturated carbocycles. The molecule has 0 aromatic heterocycles. The second-order valence-corrected chi connectivity index (χ2v) is 5.25. The average molecular weight is 288 g/mol. The molecular weight excluding hydrogens is 265 g/mol. The highest BCUT2D eigenvalue weighted by Crippen LogP contribution is 2.18. The van der Waals surface area contributed by atoms with Crippen molar-refractivity contribution in [2.24, 2.45) is 0 Å². The summed E-state index contributed by atoms with van der Waals surface area (Å²) in [6.07, 6.45) is 2.78. The molecule has 1 aromatic rings. The largest absolute Gasteiger partial charge is 0.382 e. The number of halogens is 2. The molecule has 0 amide bonds. The lowest BCUT2D eigenvalue weighted by Gasteiger charge is -2.20. The van der Waals surface area contributed by atoms with Crippen LogP contribution in [-0.4, -0.2) is 25.8 Å². The molecule has 2 unspecified atom stereocenters. The number of rotatable bonds is 8. The first-order valence-electron chi connectivity index (χ1n) is 6.76. The van der Waals surface area contributed by atoms with Gasteiger partial charge in [-0.05, 0) is 56.5 Å². The summed E-state index contributed by atoms with van der Waals surface area (Å²) in [5.74, 6) is -0.188. The van der Waals surface area contributed by atoms with Crippen molar-refractivity contribution in [1.29, 1.82) is 0 Å². The molecular formula is C15H23ClFNO. The van der Waals surface area contributed by atoms with E-state index < -0.39 is 0 Å². The number of hydrogen-bond donors (Lipinski definition) is 1. The van der Waals surface area contributed by atoms with Gasteiger partial charge in [-0.1, -0.05) is 18.5 Å². The molecule has 1 aromatic carbocycles. The van der Waals surface area contributed by atoms with Gasteiger partial charge in [0.15, 0.2) is 0 Å². The zero-order chi connectivity index (χ0) is 14.3. The number of hydrogen-bond acceptors (Lipinski definition) is 2. The second-order valence-electron chi connectivity index (χ2n) is 4.82. The van der Waals surface area contributed by atoms with Crippen molar-refractivity contribution >= 4 is 11.6 Å². The summed E-state index contributed by atoms with van der Waals surface area (Å²) >= 11 is 5.92. The maximum atomic E-state index is 13.7. The van der Waals surface area contributed by atoms with Gasteiger partial charge >= 0.3 is 0 Å². The van der Waals surface area contributed by atoms with Crippen molar-refractivity contribution in [1.82, 2.24) is 5.32 Å². The quantitative estimate of drug-likeness (QED) is 0.785. The van der Waals surface area contributed by atoms with Gasteiger partial charge in [-0.2, -0.15) is 0 Å². The molecule has 0 aliphatic heterocycles. The third kappa shape index (κ3) is 5.89.